The molecule has 1 aromatic carbocycles. The summed E-state index contributed by atoms with van der Waals surface area (Å²) in [6, 6.07) is 8.43. The highest BCUT2D eigenvalue weighted by Gasteiger charge is 2.19. The lowest BCUT2D eigenvalue weighted by Gasteiger charge is -2.31. The number of aromatic amines is 1. The summed E-state index contributed by atoms with van der Waals surface area (Å²) in [6.07, 6.45) is 3.95. The van der Waals surface area contributed by atoms with Gasteiger partial charge in [-0.25, -0.2) is 8.10 Å². The number of fused-ring (bicyclic) bond motifs is 1. The van der Waals surface area contributed by atoms with E-state index in [1.807, 2.05) is 26.2 Å². The molecule has 8 heteroatoms. The first-order valence-corrected chi connectivity index (χ1v) is 10.6. The number of hydrogen-bond donors (Lipinski definition) is 1. The Balaban J connectivity index is 1.51. The van der Waals surface area contributed by atoms with E-state index in [9.17, 15) is 0 Å². The number of H-pyrrole nitrogens is 1. The van der Waals surface area contributed by atoms with Gasteiger partial charge >= 0.3 is 0 Å². The summed E-state index contributed by atoms with van der Waals surface area (Å²) in [4.78, 5) is 15.0. The van der Waals surface area contributed by atoms with Gasteiger partial charge in [-0.2, -0.15) is 4.98 Å². The van der Waals surface area contributed by atoms with Gasteiger partial charge in [0.1, 0.15) is 11.4 Å². The molecule has 0 unspecified atom stereocenters. The quantitative estimate of drug-likeness (QED) is 0.333. The van der Waals surface area contributed by atoms with Gasteiger partial charge in [-0.15, -0.1) is 0 Å². The van der Waals surface area contributed by atoms with Gasteiger partial charge in [0.25, 0.3) is 0 Å². The third-order valence-electron chi connectivity index (χ3n) is 5.42. The highest BCUT2D eigenvalue weighted by Crippen LogP contribution is 2.33. The van der Waals surface area contributed by atoms with Crippen molar-refractivity contribution in [2.75, 3.05) is 31.1 Å². The Morgan fingerprint density at radius 3 is 2.66 bits per heavy atom. The second-order valence-corrected chi connectivity index (χ2v) is 8.68. The molecule has 1 aliphatic heterocycles. The minimum atomic E-state index is 0.792. The van der Waals surface area contributed by atoms with Crippen LogP contribution in [-0.4, -0.2) is 49.4 Å². The smallest absolute Gasteiger partial charge is 0.227 e. The van der Waals surface area contributed by atoms with E-state index in [0.717, 1.165) is 76.9 Å². The molecule has 1 N–H and O–H groups in total. The number of piperazine rings is 1. The molecule has 0 saturated carbocycles. The minimum Gasteiger partial charge on any atom is -0.361 e. The standard InChI is InChI=1S/C21H21IN6O/c1-13-19(14(2)29-26-13)16-5-3-4-15(10-16)17-11-23-20-18(17)12-24-21(25-20)27-6-8-28(22)9-7-27/h3-5,10-12H,6-9H2,1-2H3,(H,23,24,25). The zero-order chi connectivity index (χ0) is 20.0. The zero-order valence-electron chi connectivity index (χ0n) is 16.3. The van der Waals surface area contributed by atoms with Gasteiger partial charge in [-0.1, -0.05) is 23.4 Å². The first kappa shape index (κ1) is 18.6. The third-order valence-corrected chi connectivity index (χ3v) is 6.39. The Hall–Kier alpha value is -2.46. The number of hydrogen-bond acceptors (Lipinski definition) is 6. The maximum Gasteiger partial charge on any atom is 0.227 e. The van der Waals surface area contributed by atoms with Crippen LogP contribution in [0.15, 0.2) is 41.2 Å². The molecule has 0 atom stereocenters. The van der Waals surface area contributed by atoms with E-state index in [-0.39, 0.29) is 0 Å². The molecule has 0 aliphatic carbocycles. The lowest BCUT2D eigenvalue weighted by molar-refractivity contribution is 0.393. The van der Waals surface area contributed by atoms with Crippen molar-refractivity contribution < 1.29 is 4.52 Å². The molecule has 4 heterocycles. The average Bonchev–Trinajstić information content (AvgIpc) is 3.31. The van der Waals surface area contributed by atoms with Crippen LogP contribution in [0.2, 0.25) is 0 Å². The summed E-state index contributed by atoms with van der Waals surface area (Å²) in [7, 11) is 0. The maximum atomic E-state index is 5.34. The number of halogens is 1. The van der Waals surface area contributed by atoms with Crippen molar-refractivity contribution in [3.8, 4) is 22.3 Å². The van der Waals surface area contributed by atoms with Crippen LogP contribution in [0, 0.1) is 13.8 Å². The van der Waals surface area contributed by atoms with Crippen LogP contribution < -0.4 is 4.90 Å². The lowest BCUT2D eigenvalue weighted by Crippen LogP contribution is -2.42. The van der Waals surface area contributed by atoms with Crippen molar-refractivity contribution in [2.24, 2.45) is 0 Å². The highest BCUT2D eigenvalue weighted by molar-refractivity contribution is 14.1. The fraction of sp³-hybridized carbons (Fsp3) is 0.286. The van der Waals surface area contributed by atoms with E-state index in [4.69, 9.17) is 9.51 Å². The summed E-state index contributed by atoms with van der Waals surface area (Å²) in [5.74, 6) is 1.62. The number of aryl methyl sites for hydroxylation is 2. The van der Waals surface area contributed by atoms with E-state index >= 15 is 0 Å². The van der Waals surface area contributed by atoms with Crippen molar-refractivity contribution >= 4 is 39.8 Å². The largest absolute Gasteiger partial charge is 0.361 e. The predicted molar refractivity (Wildman–Crippen MR) is 122 cm³/mol. The minimum absolute atomic E-state index is 0.792. The van der Waals surface area contributed by atoms with E-state index in [1.54, 1.807) is 0 Å². The van der Waals surface area contributed by atoms with Gasteiger partial charge < -0.3 is 14.4 Å². The van der Waals surface area contributed by atoms with E-state index in [0.29, 0.717) is 0 Å². The molecule has 7 nitrogen and oxygen atoms in total. The average molecular weight is 500 g/mol. The molecule has 1 fully saturated rings. The van der Waals surface area contributed by atoms with E-state index in [1.165, 1.54) is 0 Å². The van der Waals surface area contributed by atoms with E-state index in [2.05, 4.69) is 70.3 Å². The van der Waals surface area contributed by atoms with Gasteiger partial charge in [-0.3, -0.25) is 0 Å². The zero-order valence-corrected chi connectivity index (χ0v) is 18.5. The Labute approximate surface area is 182 Å². The fourth-order valence-corrected chi connectivity index (χ4v) is 4.34. The second kappa shape index (κ2) is 7.42. The van der Waals surface area contributed by atoms with Gasteiger partial charge in [0.05, 0.1) is 5.69 Å². The highest BCUT2D eigenvalue weighted by atomic mass is 127. The number of nitrogens with one attached hydrogen (secondary N) is 1. The fourth-order valence-electron chi connectivity index (χ4n) is 3.91. The second-order valence-electron chi connectivity index (χ2n) is 7.31. The van der Waals surface area contributed by atoms with Crippen LogP contribution in [-0.2, 0) is 0 Å². The normalized spacial score (nSPS) is 15.3. The molecular formula is C21H21IN6O. The summed E-state index contributed by atoms with van der Waals surface area (Å²) in [6.45, 7) is 7.85. The Bertz CT molecular complexity index is 1160. The molecule has 148 valence electrons. The first-order chi connectivity index (χ1) is 14.1. The third kappa shape index (κ3) is 3.40. The van der Waals surface area contributed by atoms with Crippen LogP contribution in [0.5, 0.6) is 0 Å². The molecule has 1 aliphatic rings. The van der Waals surface area contributed by atoms with Crippen molar-refractivity contribution in [1.29, 1.82) is 0 Å². The van der Waals surface area contributed by atoms with Crippen LogP contribution >= 0.6 is 22.9 Å². The summed E-state index contributed by atoms with van der Waals surface area (Å²) >= 11 is 2.37. The molecule has 5 rings (SSSR count). The van der Waals surface area contributed by atoms with Crippen molar-refractivity contribution in [3.63, 3.8) is 0 Å². The van der Waals surface area contributed by atoms with Crippen molar-refractivity contribution in [3.05, 3.63) is 48.1 Å². The maximum absolute atomic E-state index is 5.34. The van der Waals surface area contributed by atoms with Gasteiger partial charge in [0, 0.05) is 78.0 Å². The lowest BCUT2D eigenvalue weighted by atomic mass is 9.98. The monoisotopic (exact) mass is 500 g/mol. The molecule has 0 radical (unpaired) electrons. The topological polar surface area (TPSA) is 74.1 Å². The van der Waals surface area contributed by atoms with Crippen molar-refractivity contribution in [2.45, 2.75) is 13.8 Å². The summed E-state index contributed by atoms with van der Waals surface area (Å²) in [5, 5.41) is 5.11. The number of aromatic nitrogens is 4. The molecule has 1 saturated heterocycles. The molecular weight excluding hydrogens is 479 g/mol. The van der Waals surface area contributed by atoms with Crippen LogP contribution in [0.25, 0.3) is 33.3 Å². The van der Waals surface area contributed by atoms with Gasteiger partial charge in [-0.05, 0) is 31.0 Å². The SMILES string of the molecule is Cc1noc(C)c1-c1cccc(-c2c[nH]c3nc(N4CCN(I)CC4)ncc23)c1. The molecule has 4 aromatic rings. The molecule has 0 spiro atoms. The Morgan fingerprint density at radius 2 is 1.90 bits per heavy atom. The van der Waals surface area contributed by atoms with Crippen molar-refractivity contribution in [1.82, 2.24) is 23.2 Å². The molecule has 29 heavy (non-hydrogen) atoms. The summed E-state index contributed by atoms with van der Waals surface area (Å²) < 4.78 is 7.64. The number of benzene rings is 1. The van der Waals surface area contributed by atoms with Crippen LogP contribution in [0.3, 0.4) is 0 Å². The Kier molecular flexibility index (Phi) is 4.75. The Morgan fingerprint density at radius 1 is 1.10 bits per heavy atom. The predicted octanol–water partition coefficient (Wildman–Crippen LogP) is 4.37. The summed E-state index contributed by atoms with van der Waals surface area (Å²) in [5.41, 5.74) is 6.13. The number of rotatable bonds is 3. The first-order valence-electron chi connectivity index (χ1n) is 9.63. The van der Waals surface area contributed by atoms with E-state index < -0.39 is 0 Å². The van der Waals surface area contributed by atoms with Crippen LogP contribution in [0.4, 0.5) is 5.95 Å². The van der Waals surface area contributed by atoms with Gasteiger partial charge in [0.15, 0.2) is 0 Å². The number of anilines is 1. The van der Waals surface area contributed by atoms with Crippen LogP contribution in [0.1, 0.15) is 11.5 Å². The molecule has 0 bridgehead atoms. The molecule has 0 amide bonds. The number of nitrogens with zero attached hydrogens (tertiary/aromatic N) is 5. The van der Waals surface area contributed by atoms with Gasteiger partial charge in [0.2, 0.25) is 5.95 Å². The molecule has 3 aromatic heterocycles.